The fraction of sp³-hybridized carbons (Fsp3) is 0.353. The second-order valence-corrected chi connectivity index (χ2v) is 5.28. The molecule has 0 radical (unpaired) electrons. The average molecular weight is 304 g/mol. The zero-order chi connectivity index (χ0) is 16.3. The quantitative estimate of drug-likeness (QED) is 0.892. The van der Waals surface area contributed by atoms with Crippen LogP contribution < -0.4 is 5.32 Å². The SMILES string of the molecule is CCn1c(C)cc(C(=O)NCC(O)c2ccccc2F)c1C. The zero-order valence-corrected chi connectivity index (χ0v) is 13.1. The van der Waals surface area contributed by atoms with Gasteiger partial charge in [-0.05, 0) is 32.9 Å². The molecular formula is C17H21FN2O2. The molecule has 1 unspecified atom stereocenters. The van der Waals surface area contributed by atoms with Crippen molar-refractivity contribution in [2.75, 3.05) is 6.54 Å². The van der Waals surface area contributed by atoms with Crippen molar-refractivity contribution in [2.24, 2.45) is 0 Å². The van der Waals surface area contributed by atoms with E-state index in [1.54, 1.807) is 12.1 Å². The molecule has 1 amide bonds. The number of amides is 1. The van der Waals surface area contributed by atoms with Crippen LogP contribution in [-0.2, 0) is 6.54 Å². The summed E-state index contributed by atoms with van der Waals surface area (Å²) in [6.45, 7) is 6.61. The third-order valence-corrected chi connectivity index (χ3v) is 3.85. The van der Waals surface area contributed by atoms with Gasteiger partial charge in [-0.1, -0.05) is 18.2 Å². The molecule has 1 aromatic heterocycles. The third-order valence-electron chi connectivity index (χ3n) is 3.85. The number of aryl methyl sites for hydroxylation is 1. The van der Waals surface area contributed by atoms with Crippen molar-refractivity contribution in [3.05, 3.63) is 58.7 Å². The van der Waals surface area contributed by atoms with E-state index in [0.717, 1.165) is 17.9 Å². The molecule has 1 heterocycles. The Morgan fingerprint density at radius 2 is 2.05 bits per heavy atom. The molecule has 5 heteroatoms. The number of hydrogen-bond acceptors (Lipinski definition) is 2. The average Bonchev–Trinajstić information content (AvgIpc) is 2.79. The Labute approximate surface area is 129 Å². The van der Waals surface area contributed by atoms with E-state index in [1.165, 1.54) is 12.1 Å². The summed E-state index contributed by atoms with van der Waals surface area (Å²) in [5, 5.41) is 12.7. The molecule has 0 fully saturated rings. The highest BCUT2D eigenvalue weighted by atomic mass is 19.1. The predicted molar refractivity (Wildman–Crippen MR) is 83.3 cm³/mol. The van der Waals surface area contributed by atoms with Crippen molar-refractivity contribution in [1.29, 1.82) is 0 Å². The van der Waals surface area contributed by atoms with Crippen molar-refractivity contribution < 1.29 is 14.3 Å². The molecule has 0 saturated carbocycles. The van der Waals surface area contributed by atoms with E-state index in [1.807, 2.05) is 31.4 Å². The van der Waals surface area contributed by atoms with E-state index in [4.69, 9.17) is 0 Å². The highest BCUT2D eigenvalue weighted by molar-refractivity contribution is 5.95. The number of aromatic nitrogens is 1. The van der Waals surface area contributed by atoms with E-state index in [9.17, 15) is 14.3 Å². The minimum absolute atomic E-state index is 0.0322. The summed E-state index contributed by atoms with van der Waals surface area (Å²) in [6.07, 6.45) is -1.07. The minimum atomic E-state index is -1.07. The molecule has 118 valence electrons. The van der Waals surface area contributed by atoms with Crippen LogP contribution in [0.25, 0.3) is 0 Å². The van der Waals surface area contributed by atoms with Crippen molar-refractivity contribution in [1.82, 2.24) is 9.88 Å². The number of rotatable bonds is 5. The Morgan fingerprint density at radius 1 is 1.36 bits per heavy atom. The van der Waals surface area contributed by atoms with Crippen LogP contribution in [0.15, 0.2) is 30.3 Å². The molecule has 0 saturated heterocycles. The van der Waals surface area contributed by atoms with Crippen molar-refractivity contribution >= 4 is 5.91 Å². The van der Waals surface area contributed by atoms with Gasteiger partial charge in [0.2, 0.25) is 0 Å². The highest BCUT2D eigenvalue weighted by Gasteiger charge is 2.17. The standard InChI is InChI=1S/C17H21FN2O2/c1-4-20-11(2)9-14(12(20)3)17(22)19-10-16(21)13-7-5-6-8-15(13)18/h5-9,16,21H,4,10H2,1-3H3,(H,19,22). The highest BCUT2D eigenvalue weighted by Crippen LogP contribution is 2.17. The van der Waals surface area contributed by atoms with Gasteiger partial charge in [-0.15, -0.1) is 0 Å². The molecule has 0 spiro atoms. The fourth-order valence-electron chi connectivity index (χ4n) is 2.66. The van der Waals surface area contributed by atoms with Crippen molar-refractivity contribution in [3.8, 4) is 0 Å². The van der Waals surface area contributed by atoms with Gasteiger partial charge in [-0.3, -0.25) is 4.79 Å². The molecule has 0 aliphatic rings. The van der Waals surface area contributed by atoms with Crippen LogP contribution in [0.3, 0.4) is 0 Å². The fourth-order valence-corrected chi connectivity index (χ4v) is 2.66. The first-order chi connectivity index (χ1) is 10.5. The number of aliphatic hydroxyl groups is 1. The monoisotopic (exact) mass is 304 g/mol. The largest absolute Gasteiger partial charge is 0.386 e. The Kier molecular flexibility index (Phi) is 4.98. The summed E-state index contributed by atoms with van der Waals surface area (Å²) < 4.78 is 15.6. The molecule has 22 heavy (non-hydrogen) atoms. The van der Waals surface area contributed by atoms with E-state index < -0.39 is 11.9 Å². The van der Waals surface area contributed by atoms with Crippen molar-refractivity contribution in [3.63, 3.8) is 0 Å². The smallest absolute Gasteiger partial charge is 0.253 e. The number of halogens is 1. The van der Waals surface area contributed by atoms with Crippen LogP contribution in [-0.4, -0.2) is 22.1 Å². The first-order valence-corrected chi connectivity index (χ1v) is 7.33. The maximum absolute atomic E-state index is 13.6. The molecule has 2 aromatic rings. The van der Waals surface area contributed by atoms with E-state index in [-0.39, 0.29) is 18.0 Å². The second kappa shape index (κ2) is 6.75. The number of carbonyl (C=O) groups is 1. The third kappa shape index (κ3) is 3.20. The van der Waals surface area contributed by atoms with Gasteiger partial charge in [-0.25, -0.2) is 4.39 Å². The van der Waals surface area contributed by atoms with Crippen molar-refractivity contribution in [2.45, 2.75) is 33.4 Å². The Morgan fingerprint density at radius 3 is 2.64 bits per heavy atom. The Balaban J connectivity index is 2.06. The number of nitrogens with one attached hydrogen (secondary N) is 1. The number of benzene rings is 1. The van der Waals surface area contributed by atoms with Crippen LogP contribution >= 0.6 is 0 Å². The summed E-state index contributed by atoms with van der Waals surface area (Å²) >= 11 is 0. The molecule has 2 rings (SSSR count). The summed E-state index contributed by atoms with van der Waals surface area (Å²) in [6, 6.07) is 7.83. The molecule has 4 nitrogen and oxygen atoms in total. The summed E-state index contributed by atoms with van der Waals surface area (Å²) in [5.41, 5.74) is 2.67. The van der Waals surface area contributed by atoms with Gasteiger partial charge in [0.1, 0.15) is 5.82 Å². The van der Waals surface area contributed by atoms with Gasteiger partial charge < -0.3 is 15.0 Å². The molecule has 0 aliphatic carbocycles. The molecule has 1 aromatic carbocycles. The van der Waals surface area contributed by atoms with Crippen LogP contribution in [0.5, 0.6) is 0 Å². The van der Waals surface area contributed by atoms with Gasteiger partial charge in [0.05, 0.1) is 11.7 Å². The number of carbonyl (C=O) groups excluding carboxylic acids is 1. The van der Waals surface area contributed by atoms with Gasteiger partial charge in [0, 0.05) is 30.0 Å². The predicted octanol–water partition coefficient (Wildman–Crippen LogP) is 2.73. The van der Waals surface area contributed by atoms with Crippen LogP contribution in [0.4, 0.5) is 4.39 Å². The molecular weight excluding hydrogens is 283 g/mol. The lowest BCUT2D eigenvalue weighted by molar-refractivity contribution is 0.0913. The molecule has 0 bridgehead atoms. The number of aliphatic hydroxyl groups excluding tert-OH is 1. The Hall–Kier alpha value is -2.14. The number of hydrogen-bond donors (Lipinski definition) is 2. The van der Waals surface area contributed by atoms with Gasteiger partial charge in [0.15, 0.2) is 0 Å². The normalized spacial score (nSPS) is 12.2. The summed E-state index contributed by atoms with van der Waals surface area (Å²) in [5.74, 6) is -0.739. The van der Waals surface area contributed by atoms with Crippen LogP contribution in [0.2, 0.25) is 0 Å². The van der Waals surface area contributed by atoms with Gasteiger partial charge >= 0.3 is 0 Å². The van der Waals surface area contributed by atoms with Gasteiger partial charge in [-0.2, -0.15) is 0 Å². The minimum Gasteiger partial charge on any atom is -0.386 e. The topological polar surface area (TPSA) is 54.3 Å². The van der Waals surface area contributed by atoms with E-state index in [0.29, 0.717) is 5.56 Å². The number of nitrogens with zero attached hydrogens (tertiary/aromatic N) is 1. The first-order valence-electron chi connectivity index (χ1n) is 7.33. The molecule has 1 atom stereocenters. The van der Waals surface area contributed by atoms with Crippen LogP contribution in [0.1, 0.15) is 40.3 Å². The summed E-state index contributed by atoms with van der Waals surface area (Å²) in [4.78, 5) is 12.2. The second-order valence-electron chi connectivity index (χ2n) is 5.28. The lowest BCUT2D eigenvalue weighted by atomic mass is 10.1. The van der Waals surface area contributed by atoms with E-state index in [2.05, 4.69) is 5.32 Å². The van der Waals surface area contributed by atoms with Crippen LogP contribution in [0, 0.1) is 19.7 Å². The zero-order valence-electron chi connectivity index (χ0n) is 13.1. The Bertz CT molecular complexity index is 679. The molecule has 2 N–H and O–H groups in total. The van der Waals surface area contributed by atoms with Gasteiger partial charge in [0.25, 0.3) is 5.91 Å². The summed E-state index contributed by atoms with van der Waals surface area (Å²) in [7, 11) is 0. The maximum Gasteiger partial charge on any atom is 0.253 e. The van der Waals surface area contributed by atoms with E-state index >= 15 is 0 Å². The lowest BCUT2D eigenvalue weighted by Crippen LogP contribution is -2.29. The lowest BCUT2D eigenvalue weighted by Gasteiger charge is -2.13. The maximum atomic E-state index is 13.6. The first kappa shape index (κ1) is 16.2. The molecule has 0 aliphatic heterocycles.